The van der Waals surface area contributed by atoms with Crippen LogP contribution in [0.2, 0.25) is 0 Å². The van der Waals surface area contributed by atoms with Crippen LogP contribution in [-0.2, 0) is 14.3 Å². The van der Waals surface area contributed by atoms with E-state index < -0.39 is 5.92 Å². The summed E-state index contributed by atoms with van der Waals surface area (Å²) in [7, 11) is 4.67. The highest BCUT2D eigenvalue weighted by atomic mass is 32.1. The van der Waals surface area contributed by atoms with Gasteiger partial charge in [0.25, 0.3) is 0 Å². The molecule has 0 unspecified atom stereocenters. The minimum atomic E-state index is -0.601. The van der Waals surface area contributed by atoms with Crippen LogP contribution in [0.15, 0.2) is 52.2 Å². The Morgan fingerprint density at radius 2 is 1.73 bits per heavy atom. The van der Waals surface area contributed by atoms with Crippen LogP contribution < -0.4 is 19.5 Å². The van der Waals surface area contributed by atoms with Gasteiger partial charge in [0.05, 0.1) is 26.9 Å². The predicted molar refractivity (Wildman–Crippen MR) is 141 cm³/mol. The molecule has 37 heavy (non-hydrogen) atoms. The van der Waals surface area contributed by atoms with Crippen LogP contribution in [0.5, 0.6) is 17.2 Å². The molecule has 0 radical (unpaired) electrons. The number of methoxy groups -OCH3 is 3. The molecule has 0 amide bonds. The van der Waals surface area contributed by atoms with E-state index in [2.05, 4.69) is 11.4 Å². The Hall–Kier alpha value is -3.26. The lowest BCUT2D eigenvalue weighted by molar-refractivity contribution is -0.144. The highest BCUT2D eigenvalue weighted by molar-refractivity contribution is 7.10. The topological polar surface area (TPSA) is 83.1 Å². The number of carbonyl (C=O) groups excluding carboxylic acids is 2. The minimum Gasteiger partial charge on any atom is -0.493 e. The first-order valence-electron chi connectivity index (χ1n) is 12.7. The Kier molecular flexibility index (Phi) is 7.29. The van der Waals surface area contributed by atoms with Crippen molar-refractivity contribution < 1.29 is 28.5 Å². The third-order valence-electron chi connectivity index (χ3n) is 7.59. The van der Waals surface area contributed by atoms with Gasteiger partial charge in [-0.2, -0.15) is 0 Å². The van der Waals surface area contributed by atoms with Gasteiger partial charge in [-0.3, -0.25) is 4.79 Å². The molecule has 7 nitrogen and oxygen atoms in total. The number of carbonyl (C=O) groups is 2. The summed E-state index contributed by atoms with van der Waals surface area (Å²) in [5.74, 6) is 0.562. The number of rotatable bonds is 7. The van der Waals surface area contributed by atoms with Crippen LogP contribution in [0.3, 0.4) is 0 Å². The predicted octanol–water partition coefficient (Wildman–Crippen LogP) is 5.62. The molecule has 1 aromatic carbocycles. The molecule has 2 heterocycles. The summed E-state index contributed by atoms with van der Waals surface area (Å²) in [6, 6.07) is 7.76. The SMILES string of the molecule is COc1cc([C@@H]2C(C(=O)OC3CCCC3)=C(C)NC3=C2C(=O)C[C@H](c2cccs2)C3)cc(OC)c1OC. The zero-order valence-corrected chi connectivity index (χ0v) is 22.5. The number of dihydropyridines is 1. The molecule has 2 aliphatic carbocycles. The second kappa shape index (κ2) is 10.6. The van der Waals surface area contributed by atoms with Gasteiger partial charge in [0.2, 0.25) is 5.75 Å². The molecule has 1 aromatic heterocycles. The summed E-state index contributed by atoms with van der Waals surface area (Å²) < 4.78 is 22.7. The van der Waals surface area contributed by atoms with Gasteiger partial charge in [-0.05, 0) is 68.2 Å². The van der Waals surface area contributed by atoms with Crippen molar-refractivity contribution in [1.29, 1.82) is 0 Å². The third-order valence-corrected chi connectivity index (χ3v) is 8.62. The fourth-order valence-corrected chi connectivity index (χ4v) is 6.69. The van der Waals surface area contributed by atoms with E-state index in [0.717, 1.165) is 36.9 Å². The lowest BCUT2D eigenvalue weighted by atomic mass is 9.72. The van der Waals surface area contributed by atoms with E-state index in [1.807, 2.05) is 30.5 Å². The summed E-state index contributed by atoms with van der Waals surface area (Å²) in [5, 5.41) is 5.47. The maximum absolute atomic E-state index is 13.8. The fourth-order valence-electron chi connectivity index (χ4n) is 5.86. The number of ketones is 1. The Morgan fingerprint density at radius 3 is 2.32 bits per heavy atom. The van der Waals surface area contributed by atoms with E-state index >= 15 is 0 Å². The highest BCUT2D eigenvalue weighted by Gasteiger charge is 2.42. The summed E-state index contributed by atoms with van der Waals surface area (Å²) >= 11 is 1.67. The Bertz CT molecular complexity index is 1230. The second-order valence-corrected chi connectivity index (χ2v) is 10.8. The summed E-state index contributed by atoms with van der Waals surface area (Å²) in [4.78, 5) is 28.7. The molecule has 196 valence electrons. The number of benzene rings is 1. The Balaban J connectivity index is 1.62. The number of allylic oxidation sites excluding steroid dienone is 3. The molecule has 0 saturated heterocycles. The molecule has 1 aliphatic heterocycles. The summed E-state index contributed by atoms with van der Waals surface area (Å²) in [5.41, 5.74) is 3.38. The number of nitrogens with one attached hydrogen (secondary N) is 1. The monoisotopic (exact) mass is 523 g/mol. The molecule has 0 spiro atoms. The maximum atomic E-state index is 13.8. The summed E-state index contributed by atoms with van der Waals surface area (Å²) in [6.07, 6.45) is 4.86. The zero-order chi connectivity index (χ0) is 26.1. The van der Waals surface area contributed by atoms with Crippen molar-refractivity contribution >= 4 is 23.1 Å². The van der Waals surface area contributed by atoms with Crippen LogP contribution in [0.1, 0.15) is 67.7 Å². The van der Waals surface area contributed by atoms with Crippen LogP contribution in [0, 0.1) is 0 Å². The van der Waals surface area contributed by atoms with Gasteiger partial charge in [0.15, 0.2) is 17.3 Å². The second-order valence-electron chi connectivity index (χ2n) is 9.80. The van der Waals surface area contributed by atoms with Crippen molar-refractivity contribution in [2.24, 2.45) is 0 Å². The number of hydrogen-bond donors (Lipinski definition) is 1. The summed E-state index contributed by atoms with van der Waals surface area (Å²) in [6.45, 7) is 1.89. The number of ether oxygens (including phenoxy) is 4. The molecular weight excluding hydrogens is 490 g/mol. The number of Topliss-reactive ketones (excluding diaryl/α,β-unsaturated/α-hetero) is 1. The van der Waals surface area contributed by atoms with E-state index in [1.165, 1.54) is 4.88 Å². The van der Waals surface area contributed by atoms with Gasteiger partial charge in [0, 0.05) is 40.1 Å². The third kappa shape index (κ3) is 4.75. The quantitative estimate of drug-likeness (QED) is 0.472. The Morgan fingerprint density at radius 1 is 1.03 bits per heavy atom. The van der Waals surface area contributed by atoms with Crippen LogP contribution in [0.4, 0.5) is 0 Å². The molecule has 1 N–H and O–H groups in total. The fraction of sp³-hybridized carbons (Fsp3) is 0.448. The van der Waals surface area contributed by atoms with Crippen molar-refractivity contribution in [3.8, 4) is 17.2 Å². The van der Waals surface area contributed by atoms with E-state index in [9.17, 15) is 9.59 Å². The van der Waals surface area contributed by atoms with Crippen molar-refractivity contribution in [3.63, 3.8) is 0 Å². The van der Waals surface area contributed by atoms with E-state index in [0.29, 0.717) is 46.9 Å². The molecule has 8 heteroatoms. The lowest BCUT2D eigenvalue weighted by Gasteiger charge is -2.37. The lowest BCUT2D eigenvalue weighted by Crippen LogP contribution is -2.36. The minimum absolute atomic E-state index is 0.0320. The van der Waals surface area contributed by atoms with Gasteiger partial charge in [-0.1, -0.05) is 6.07 Å². The highest BCUT2D eigenvalue weighted by Crippen LogP contribution is 2.49. The molecule has 5 rings (SSSR count). The molecule has 1 saturated carbocycles. The molecular formula is C29H33NO6S. The van der Waals surface area contributed by atoms with Gasteiger partial charge in [0.1, 0.15) is 6.10 Å². The normalized spacial score (nSPS) is 22.0. The molecule has 2 atom stereocenters. The average Bonchev–Trinajstić information content (AvgIpc) is 3.61. The first-order chi connectivity index (χ1) is 17.9. The standard InChI is InChI=1S/C29H33NO6S/c1-16-25(29(32)36-19-8-5-6-9-19)26(18-14-22(33-2)28(35-4)23(15-18)34-3)27-20(30-16)12-17(13-21(27)31)24-10-7-11-37-24/h7,10-11,14-15,17,19,26,30H,5-6,8-9,12-13H2,1-4H3/t17-,26-/m1/s1. The number of esters is 1. The van der Waals surface area contributed by atoms with Crippen LogP contribution >= 0.6 is 11.3 Å². The van der Waals surface area contributed by atoms with Crippen molar-refractivity contribution in [2.75, 3.05) is 21.3 Å². The average molecular weight is 524 g/mol. The van der Waals surface area contributed by atoms with E-state index in [-0.39, 0.29) is 23.8 Å². The van der Waals surface area contributed by atoms with E-state index in [4.69, 9.17) is 18.9 Å². The first kappa shape index (κ1) is 25.4. The molecule has 2 aromatic rings. The number of thiophene rings is 1. The molecule has 0 bridgehead atoms. The first-order valence-corrected chi connectivity index (χ1v) is 13.6. The van der Waals surface area contributed by atoms with Crippen molar-refractivity contribution in [2.45, 2.75) is 63.4 Å². The van der Waals surface area contributed by atoms with Crippen molar-refractivity contribution in [3.05, 3.63) is 62.6 Å². The van der Waals surface area contributed by atoms with E-state index in [1.54, 1.807) is 32.7 Å². The Labute approximate surface area is 221 Å². The van der Waals surface area contributed by atoms with Crippen LogP contribution in [0.25, 0.3) is 0 Å². The molecule has 1 fully saturated rings. The smallest absolute Gasteiger partial charge is 0.337 e. The maximum Gasteiger partial charge on any atom is 0.337 e. The number of hydrogen-bond acceptors (Lipinski definition) is 8. The van der Waals surface area contributed by atoms with Crippen LogP contribution in [-0.4, -0.2) is 39.2 Å². The van der Waals surface area contributed by atoms with Gasteiger partial charge >= 0.3 is 5.97 Å². The largest absolute Gasteiger partial charge is 0.493 e. The van der Waals surface area contributed by atoms with Crippen molar-refractivity contribution in [1.82, 2.24) is 5.32 Å². The molecule has 3 aliphatic rings. The van der Waals surface area contributed by atoms with Gasteiger partial charge in [-0.15, -0.1) is 11.3 Å². The van der Waals surface area contributed by atoms with Gasteiger partial charge < -0.3 is 24.3 Å². The van der Waals surface area contributed by atoms with Gasteiger partial charge in [-0.25, -0.2) is 4.79 Å². The zero-order valence-electron chi connectivity index (χ0n) is 21.7.